The van der Waals surface area contributed by atoms with Crippen molar-refractivity contribution in [2.75, 3.05) is 0 Å². The van der Waals surface area contributed by atoms with Crippen LogP contribution in [0.25, 0.3) is 0 Å². The summed E-state index contributed by atoms with van der Waals surface area (Å²) in [6, 6.07) is 6.68. The van der Waals surface area contributed by atoms with Gasteiger partial charge < -0.3 is 10.5 Å². The number of hydrogen-bond donors (Lipinski definition) is 1. The van der Waals surface area contributed by atoms with Crippen molar-refractivity contribution in [1.29, 1.82) is 0 Å². The molecular formula is C15H14BrF2NO. The Kier molecular flexibility index (Phi) is 4.40. The molecule has 0 aromatic heterocycles. The van der Waals surface area contributed by atoms with Crippen LogP contribution in [0.1, 0.15) is 24.1 Å². The normalized spacial score (nSPS) is 12.3. The second-order valence-electron chi connectivity index (χ2n) is 4.60. The van der Waals surface area contributed by atoms with Crippen molar-refractivity contribution in [1.82, 2.24) is 0 Å². The van der Waals surface area contributed by atoms with E-state index in [1.54, 1.807) is 19.9 Å². The zero-order valence-electron chi connectivity index (χ0n) is 11.1. The van der Waals surface area contributed by atoms with Crippen molar-refractivity contribution in [2.24, 2.45) is 5.73 Å². The number of halogens is 3. The first kappa shape index (κ1) is 14.9. The van der Waals surface area contributed by atoms with E-state index in [-0.39, 0.29) is 17.7 Å². The minimum absolute atomic E-state index is 0.331. The summed E-state index contributed by atoms with van der Waals surface area (Å²) in [4.78, 5) is 0. The van der Waals surface area contributed by atoms with Gasteiger partial charge in [0.25, 0.3) is 0 Å². The lowest BCUT2D eigenvalue weighted by molar-refractivity contribution is 0.463. The monoisotopic (exact) mass is 341 g/mol. The van der Waals surface area contributed by atoms with Crippen molar-refractivity contribution < 1.29 is 13.5 Å². The van der Waals surface area contributed by atoms with Crippen LogP contribution >= 0.6 is 15.9 Å². The molecule has 0 heterocycles. The van der Waals surface area contributed by atoms with Gasteiger partial charge in [-0.05, 0) is 65.7 Å². The molecule has 2 aromatic rings. The van der Waals surface area contributed by atoms with Crippen molar-refractivity contribution in [2.45, 2.75) is 19.9 Å². The number of benzene rings is 2. The van der Waals surface area contributed by atoms with Crippen molar-refractivity contribution in [3.8, 4) is 11.5 Å². The molecule has 2 aromatic carbocycles. The van der Waals surface area contributed by atoms with Crippen LogP contribution in [0.5, 0.6) is 11.5 Å². The lowest BCUT2D eigenvalue weighted by Crippen LogP contribution is -2.08. The molecule has 2 rings (SSSR count). The summed E-state index contributed by atoms with van der Waals surface area (Å²) in [6.07, 6.45) is 0. The molecule has 106 valence electrons. The van der Waals surface area contributed by atoms with E-state index in [9.17, 15) is 8.78 Å². The first-order valence-electron chi connectivity index (χ1n) is 6.07. The number of nitrogens with two attached hydrogens (primary N) is 1. The first-order chi connectivity index (χ1) is 9.38. The van der Waals surface area contributed by atoms with Crippen LogP contribution in [-0.4, -0.2) is 0 Å². The van der Waals surface area contributed by atoms with Crippen LogP contribution < -0.4 is 10.5 Å². The smallest absolute Gasteiger partial charge is 0.141 e. The van der Waals surface area contributed by atoms with E-state index in [4.69, 9.17) is 10.5 Å². The number of ether oxygens (including phenoxy) is 1. The molecule has 1 atom stereocenters. The van der Waals surface area contributed by atoms with E-state index < -0.39 is 0 Å². The fourth-order valence-electron chi connectivity index (χ4n) is 1.79. The van der Waals surface area contributed by atoms with Crippen LogP contribution in [-0.2, 0) is 0 Å². The van der Waals surface area contributed by atoms with E-state index in [1.165, 1.54) is 24.3 Å². The maximum absolute atomic E-state index is 13.6. The van der Waals surface area contributed by atoms with Crippen LogP contribution in [0, 0.1) is 18.6 Å². The summed E-state index contributed by atoms with van der Waals surface area (Å²) in [5.74, 6) is 0.209. The molecule has 0 saturated carbocycles. The molecule has 0 aliphatic rings. The average Bonchev–Trinajstić information content (AvgIpc) is 2.36. The van der Waals surface area contributed by atoms with E-state index >= 15 is 0 Å². The summed E-state index contributed by atoms with van der Waals surface area (Å²) >= 11 is 3.23. The first-order valence-corrected chi connectivity index (χ1v) is 6.86. The van der Waals surface area contributed by atoms with Gasteiger partial charge in [-0.15, -0.1) is 0 Å². The van der Waals surface area contributed by atoms with E-state index in [1.807, 2.05) is 0 Å². The molecule has 0 radical (unpaired) electrons. The van der Waals surface area contributed by atoms with Gasteiger partial charge in [0.1, 0.15) is 23.1 Å². The molecule has 0 bridgehead atoms. The molecule has 0 spiro atoms. The minimum Gasteiger partial charge on any atom is -0.456 e. The zero-order valence-corrected chi connectivity index (χ0v) is 12.7. The van der Waals surface area contributed by atoms with Gasteiger partial charge in [0, 0.05) is 11.6 Å². The van der Waals surface area contributed by atoms with Gasteiger partial charge >= 0.3 is 0 Å². The Balaban J connectivity index is 2.44. The fraction of sp³-hybridized carbons (Fsp3) is 0.200. The third-order valence-electron chi connectivity index (χ3n) is 2.90. The van der Waals surface area contributed by atoms with Gasteiger partial charge in [-0.2, -0.15) is 0 Å². The Hall–Kier alpha value is -1.46. The molecule has 0 aliphatic carbocycles. The summed E-state index contributed by atoms with van der Waals surface area (Å²) in [5, 5.41) is 0. The van der Waals surface area contributed by atoms with Gasteiger partial charge in [0.05, 0.1) is 4.47 Å². The van der Waals surface area contributed by atoms with Gasteiger partial charge in [-0.1, -0.05) is 0 Å². The van der Waals surface area contributed by atoms with E-state index in [0.29, 0.717) is 27.1 Å². The Morgan fingerprint density at radius 2 is 1.85 bits per heavy atom. The molecule has 2 nitrogen and oxygen atoms in total. The van der Waals surface area contributed by atoms with Gasteiger partial charge in [-0.25, -0.2) is 8.78 Å². The molecule has 0 fully saturated rings. The Morgan fingerprint density at radius 3 is 2.45 bits per heavy atom. The third kappa shape index (κ3) is 3.16. The largest absolute Gasteiger partial charge is 0.456 e. The molecule has 0 amide bonds. The molecule has 0 saturated heterocycles. The summed E-state index contributed by atoms with van der Waals surface area (Å²) in [5.41, 5.74) is 6.85. The molecule has 0 aliphatic heterocycles. The highest BCUT2D eigenvalue weighted by molar-refractivity contribution is 9.10. The molecule has 20 heavy (non-hydrogen) atoms. The number of hydrogen-bond acceptors (Lipinski definition) is 2. The van der Waals surface area contributed by atoms with Crippen molar-refractivity contribution >= 4 is 15.9 Å². The van der Waals surface area contributed by atoms with Crippen LogP contribution in [0.2, 0.25) is 0 Å². The second-order valence-corrected chi connectivity index (χ2v) is 5.46. The molecule has 2 N–H and O–H groups in total. The van der Waals surface area contributed by atoms with Gasteiger partial charge in [-0.3, -0.25) is 0 Å². The highest BCUT2D eigenvalue weighted by Gasteiger charge is 2.14. The summed E-state index contributed by atoms with van der Waals surface area (Å²) in [6.45, 7) is 3.39. The highest BCUT2D eigenvalue weighted by Crippen LogP contribution is 2.35. The second kappa shape index (κ2) is 5.89. The number of rotatable bonds is 3. The van der Waals surface area contributed by atoms with E-state index in [0.717, 1.165) is 0 Å². The lowest BCUT2D eigenvalue weighted by Gasteiger charge is -2.16. The van der Waals surface area contributed by atoms with Gasteiger partial charge in [0.15, 0.2) is 0 Å². The predicted molar refractivity (Wildman–Crippen MR) is 77.9 cm³/mol. The van der Waals surface area contributed by atoms with Crippen LogP contribution in [0.4, 0.5) is 8.78 Å². The maximum atomic E-state index is 13.6. The summed E-state index contributed by atoms with van der Waals surface area (Å²) in [7, 11) is 0. The average molecular weight is 342 g/mol. The lowest BCUT2D eigenvalue weighted by atomic mass is 10.1. The molecular weight excluding hydrogens is 328 g/mol. The standard InChI is InChI=1S/C15H14BrF2NO/c1-8-5-15(11(9(2)19)7-13(8)18)20-14-4-3-10(17)6-12(14)16/h3-7,9H,19H2,1-2H3/t9-/m0/s1. The predicted octanol–water partition coefficient (Wildman–Crippen LogP) is 4.85. The third-order valence-corrected chi connectivity index (χ3v) is 3.52. The van der Waals surface area contributed by atoms with Crippen molar-refractivity contribution in [3.05, 3.63) is 57.6 Å². The highest BCUT2D eigenvalue weighted by atomic mass is 79.9. The molecule has 5 heteroatoms. The van der Waals surface area contributed by atoms with Gasteiger partial charge in [0.2, 0.25) is 0 Å². The zero-order chi connectivity index (χ0) is 14.9. The SMILES string of the molecule is Cc1cc(Oc2ccc(F)cc2Br)c([C@H](C)N)cc1F. The Labute approximate surface area is 124 Å². The maximum Gasteiger partial charge on any atom is 0.141 e. The Bertz CT molecular complexity index is 644. The van der Waals surface area contributed by atoms with Crippen LogP contribution in [0.15, 0.2) is 34.8 Å². The minimum atomic E-state index is -0.376. The van der Waals surface area contributed by atoms with Crippen molar-refractivity contribution in [3.63, 3.8) is 0 Å². The Morgan fingerprint density at radius 1 is 1.15 bits per heavy atom. The molecule has 0 unspecified atom stereocenters. The topological polar surface area (TPSA) is 35.2 Å². The summed E-state index contributed by atoms with van der Waals surface area (Å²) < 4.78 is 32.9. The van der Waals surface area contributed by atoms with Crippen LogP contribution in [0.3, 0.4) is 0 Å². The van der Waals surface area contributed by atoms with E-state index in [2.05, 4.69) is 15.9 Å². The fourth-order valence-corrected chi connectivity index (χ4v) is 2.22. The number of aryl methyl sites for hydroxylation is 1. The quantitative estimate of drug-likeness (QED) is 0.866.